The highest BCUT2D eigenvalue weighted by molar-refractivity contribution is 5.94. The van der Waals surface area contributed by atoms with Gasteiger partial charge in [-0.2, -0.15) is 0 Å². The molecule has 0 aliphatic heterocycles. The molecule has 1 aromatic heterocycles. The lowest BCUT2D eigenvalue weighted by molar-refractivity contribution is 0.0954. The van der Waals surface area contributed by atoms with Crippen molar-refractivity contribution in [1.82, 2.24) is 30.8 Å². The number of hydrogen-bond acceptors (Lipinski definition) is 5. The lowest BCUT2D eigenvalue weighted by Crippen LogP contribution is -2.30. The quantitative estimate of drug-likeness (QED) is 0.702. The van der Waals surface area contributed by atoms with Crippen LogP contribution in [0.3, 0.4) is 0 Å². The summed E-state index contributed by atoms with van der Waals surface area (Å²) in [5.41, 5.74) is 1.43. The monoisotopic (exact) mass is 246 g/mol. The standard InChI is InChI=1S/C11H14N6O/c1-12-6-7-13-11(18)9-2-4-10(5-3-9)17-8-14-15-16-17/h2-5,8,12H,6-7H2,1H3,(H,13,18). The minimum atomic E-state index is -0.0893. The second-order valence-corrected chi connectivity index (χ2v) is 3.66. The van der Waals surface area contributed by atoms with Crippen LogP contribution in [0.15, 0.2) is 30.6 Å². The van der Waals surface area contributed by atoms with Crippen LogP contribution in [0.5, 0.6) is 0 Å². The van der Waals surface area contributed by atoms with Crippen molar-refractivity contribution in [2.45, 2.75) is 0 Å². The van der Waals surface area contributed by atoms with Crippen molar-refractivity contribution in [2.24, 2.45) is 0 Å². The summed E-state index contributed by atoms with van der Waals surface area (Å²) in [6.45, 7) is 1.35. The molecule has 0 unspecified atom stereocenters. The first kappa shape index (κ1) is 12.2. The Bertz CT molecular complexity index is 493. The van der Waals surface area contributed by atoms with Gasteiger partial charge in [0.05, 0.1) is 5.69 Å². The highest BCUT2D eigenvalue weighted by Gasteiger charge is 2.05. The number of aromatic nitrogens is 4. The third-order valence-electron chi connectivity index (χ3n) is 2.40. The van der Waals surface area contributed by atoms with Gasteiger partial charge in [-0.25, -0.2) is 4.68 Å². The predicted octanol–water partition coefficient (Wildman–Crippen LogP) is -0.389. The zero-order valence-corrected chi connectivity index (χ0v) is 10.00. The SMILES string of the molecule is CNCCNC(=O)c1ccc(-n2cnnn2)cc1. The van der Waals surface area contributed by atoms with Crippen LogP contribution in [0.25, 0.3) is 5.69 Å². The Morgan fingerprint density at radius 1 is 1.28 bits per heavy atom. The third-order valence-corrected chi connectivity index (χ3v) is 2.40. The number of nitrogens with zero attached hydrogens (tertiary/aromatic N) is 4. The molecule has 2 rings (SSSR count). The molecule has 0 atom stereocenters. The van der Waals surface area contributed by atoms with Crippen LogP contribution in [0.1, 0.15) is 10.4 Å². The van der Waals surface area contributed by atoms with Gasteiger partial charge in [0.1, 0.15) is 6.33 Å². The number of benzene rings is 1. The summed E-state index contributed by atoms with van der Waals surface area (Å²) in [5, 5.41) is 16.6. The van der Waals surface area contributed by atoms with Crippen LogP contribution in [0.2, 0.25) is 0 Å². The topological polar surface area (TPSA) is 84.7 Å². The summed E-state index contributed by atoms with van der Waals surface area (Å²) in [6.07, 6.45) is 1.50. The normalized spacial score (nSPS) is 10.3. The summed E-state index contributed by atoms with van der Waals surface area (Å²) in [6, 6.07) is 7.07. The van der Waals surface area contributed by atoms with Crippen LogP contribution in [0.4, 0.5) is 0 Å². The van der Waals surface area contributed by atoms with E-state index in [-0.39, 0.29) is 5.91 Å². The highest BCUT2D eigenvalue weighted by atomic mass is 16.1. The molecule has 0 fully saturated rings. The highest BCUT2D eigenvalue weighted by Crippen LogP contribution is 2.07. The summed E-state index contributed by atoms with van der Waals surface area (Å²) < 4.78 is 1.53. The molecule has 2 N–H and O–H groups in total. The van der Waals surface area contributed by atoms with Gasteiger partial charge in [-0.15, -0.1) is 5.10 Å². The Morgan fingerprint density at radius 3 is 2.67 bits per heavy atom. The van der Waals surface area contributed by atoms with Crippen molar-refractivity contribution in [1.29, 1.82) is 0 Å². The summed E-state index contributed by atoms with van der Waals surface area (Å²) in [4.78, 5) is 11.7. The van der Waals surface area contributed by atoms with E-state index in [1.165, 1.54) is 11.0 Å². The van der Waals surface area contributed by atoms with Crippen LogP contribution < -0.4 is 10.6 Å². The molecule has 0 radical (unpaired) electrons. The molecule has 0 spiro atoms. The number of nitrogens with one attached hydrogen (secondary N) is 2. The first-order chi connectivity index (χ1) is 8.81. The van der Waals surface area contributed by atoms with E-state index in [1.807, 2.05) is 7.05 Å². The molecular formula is C11H14N6O. The number of rotatable bonds is 5. The predicted molar refractivity (Wildman–Crippen MR) is 65.4 cm³/mol. The van der Waals surface area contributed by atoms with E-state index in [1.54, 1.807) is 24.3 Å². The Kier molecular flexibility index (Phi) is 3.98. The van der Waals surface area contributed by atoms with E-state index in [2.05, 4.69) is 26.2 Å². The molecule has 7 nitrogen and oxygen atoms in total. The second-order valence-electron chi connectivity index (χ2n) is 3.66. The summed E-state index contributed by atoms with van der Waals surface area (Å²) >= 11 is 0. The Balaban J connectivity index is 2.01. The summed E-state index contributed by atoms with van der Waals surface area (Å²) in [5.74, 6) is -0.0893. The largest absolute Gasteiger partial charge is 0.351 e. The van der Waals surface area contributed by atoms with Crippen LogP contribution >= 0.6 is 0 Å². The number of carbonyl (C=O) groups excluding carboxylic acids is 1. The Labute approximate surface area is 104 Å². The van der Waals surface area contributed by atoms with Gasteiger partial charge < -0.3 is 10.6 Å². The fourth-order valence-corrected chi connectivity index (χ4v) is 1.45. The maximum atomic E-state index is 11.7. The van der Waals surface area contributed by atoms with Crippen LogP contribution in [0, 0.1) is 0 Å². The minimum absolute atomic E-state index is 0.0893. The summed E-state index contributed by atoms with van der Waals surface area (Å²) in [7, 11) is 1.84. The number of carbonyl (C=O) groups is 1. The fourth-order valence-electron chi connectivity index (χ4n) is 1.45. The lowest BCUT2D eigenvalue weighted by atomic mass is 10.2. The van der Waals surface area contributed by atoms with Gasteiger partial charge in [0, 0.05) is 18.7 Å². The van der Waals surface area contributed by atoms with Crippen molar-refractivity contribution in [2.75, 3.05) is 20.1 Å². The van der Waals surface area contributed by atoms with E-state index >= 15 is 0 Å². The van der Waals surface area contributed by atoms with Gasteiger partial charge in [-0.1, -0.05) is 0 Å². The average molecular weight is 246 g/mol. The van der Waals surface area contributed by atoms with Crippen molar-refractivity contribution in [3.8, 4) is 5.69 Å². The maximum Gasteiger partial charge on any atom is 0.251 e. The molecule has 18 heavy (non-hydrogen) atoms. The molecule has 2 aromatic rings. The van der Waals surface area contributed by atoms with Crippen LogP contribution in [-0.2, 0) is 0 Å². The first-order valence-electron chi connectivity index (χ1n) is 5.57. The number of tetrazole rings is 1. The van der Waals surface area contributed by atoms with Gasteiger partial charge in [0.15, 0.2) is 0 Å². The van der Waals surface area contributed by atoms with Crippen LogP contribution in [-0.4, -0.2) is 46.3 Å². The molecule has 0 saturated heterocycles. The van der Waals surface area contributed by atoms with Crippen molar-refractivity contribution >= 4 is 5.91 Å². The van der Waals surface area contributed by atoms with E-state index in [4.69, 9.17) is 0 Å². The number of amides is 1. The fraction of sp³-hybridized carbons (Fsp3) is 0.273. The van der Waals surface area contributed by atoms with Gasteiger partial charge in [-0.05, 0) is 41.7 Å². The zero-order chi connectivity index (χ0) is 12.8. The van der Waals surface area contributed by atoms with Crippen molar-refractivity contribution in [3.05, 3.63) is 36.2 Å². The minimum Gasteiger partial charge on any atom is -0.351 e. The van der Waals surface area contributed by atoms with Crippen molar-refractivity contribution < 1.29 is 4.79 Å². The molecule has 1 heterocycles. The molecule has 1 aromatic carbocycles. The molecule has 94 valence electrons. The van der Waals surface area contributed by atoms with E-state index in [9.17, 15) is 4.79 Å². The average Bonchev–Trinajstić information content (AvgIpc) is 2.93. The van der Waals surface area contributed by atoms with Gasteiger partial charge in [0.25, 0.3) is 5.91 Å². The molecule has 0 aliphatic carbocycles. The first-order valence-corrected chi connectivity index (χ1v) is 5.57. The molecule has 1 amide bonds. The molecular weight excluding hydrogens is 232 g/mol. The second kappa shape index (κ2) is 5.87. The molecule has 7 heteroatoms. The Morgan fingerprint density at radius 2 is 2.06 bits per heavy atom. The van der Waals surface area contributed by atoms with Gasteiger partial charge in [-0.3, -0.25) is 4.79 Å². The van der Waals surface area contributed by atoms with Gasteiger partial charge >= 0.3 is 0 Å². The maximum absolute atomic E-state index is 11.7. The lowest BCUT2D eigenvalue weighted by Gasteiger charge is -2.05. The number of hydrogen-bond donors (Lipinski definition) is 2. The van der Waals surface area contributed by atoms with Gasteiger partial charge in [0.2, 0.25) is 0 Å². The van der Waals surface area contributed by atoms with E-state index < -0.39 is 0 Å². The number of likely N-dealkylation sites (N-methyl/N-ethyl adjacent to an activating group) is 1. The molecule has 0 aliphatic rings. The van der Waals surface area contributed by atoms with E-state index in [0.717, 1.165) is 12.2 Å². The third kappa shape index (κ3) is 2.89. The smallest absolute Gasteiger partial charge is 0.251 e. The van der Waals surface area contributed by atoms with E-state index in [0.29, 0.717) is 12.1 Å². The Hall–Kier alpha value is -2.28. The molecule has 0 bridgehead atoms. The van der Waals surface area contributed by atoms with Crippen molar-refractivity contribution in [3.63, 3.8) is 0 Å². The molecule has 0 saturated carbocycles. The zero-order valence-electron chi connectivity index (χ0n) is 10.00.